The Labute approximate surface area is 65.3 Å². The fourth-order valence-electron chi connectivity index (χ4n) is 0.663. The van der Waals surface area contributed by atoms with E-state index in [1.165, 1.54) is 0 Å². The highest BCUT2D eigenvalue weighted by molar-refractivity contribution is 5.81. The van der Waals surface area contributed by atoms with Crippen molar-refractivity contribution in [2.45, 2.75) is 6.92 Å². The van der Waals surface area contributed by atoms with Crippen molar-refractivity contribution in [3.63, 3.8) is 0 Å². The zero-order chi connectivity index (χ0) is 8.10. The summed E-state index contributed by atoms with van der Waals surface area (Å²) in [5.41, 5.74) is 9.55. The Bertz CT molecular complexity index is 288. The predicted octanol–water partition coefficient (Wildman–Crippen LogP) is 1.00. The standard InChI is InChI=1S/C8H9N3/c1-2-11-8-5-7(9)3-4-10-6-8/h2-4,6H,9H2,1H3. The Hall–Kier alpha value is -1.60. The Morgan fingerprint density at radius 2 is 2.55 bits per heavy atom. The van der Waals surface area contributed by atoms with Gasteiger partial charge in [-0.3, -0.25) is 9.98 Å². The van der Waals surface area contributed by atoms with E-state index in [9.17, 15) is 0 Å². The van der Waals surface area contributed by atoms with Crippen molar-refractivity contribution >= 4 is 12.4 Å². The maximum absolute atomic E-state index is 5.50. The lowest BCUT2D eigenvalue weighted by atomic mass is 10.4. The van der Waals surface area contributed by atoms with Gasteiger partial charge < -0.3 is 5.73 Å². The van der Waals surface area contributed by atoms with Crippen LogP contribution in [0.2, 0.25) is 0 Å². The van der Waals surface area contributed by atoms with Crippen LogP contribution < -0.4 is 5.73 Å². The summed E-state index contributed by atoms with van der Waals surface area (Å²) in [6.07, 6.45) is 6.57. The summed E-state index contributed by atoms with van der Waals surface area (Å²) in [5, 5.41) is 0. The molecule has 56 valence electrons. The van der Waals surface area contributed by atoms with Gasteiger partial charge in [-0.1, -0.05) is 5.73 Å². The van der Waals surface area contributed by atoms with Crippen molar-refractivity contribution in [2.24, 2.45) is 15.7 Å². The predicted molar refractivity (Wildman–Crippen MR) is 46.5 cm³/mol. The number of nitrogens with zero attached hydrogens (tertiary/aromatic N) is 2. The van der Waals surface area contributed by atoms with Gasteiger partial charge in [-0.25, -0.2) is 0 Å². The molecule has 0 fully saturated rings. The van der Waals surface area contributed by atoms with Crippen molar-refractivity contribution in [3.05, 3.63) is 29.4 Å². The van der Waals surface area contributed by atoms with Gasteiger partial charge in [0.2, 0.25) is 0 Å². The highest BCUT2D eigenvalue weighted by atomic mass is 14.8. The topological polar surface area (TPSA) is 50.7 Å². The van der Waals surface area contributed by atoms with E-state index < -0.39 is 0 Å². The normalized spacial score (nSPS) is 16.5. The second-order valence-electron chi connectivity index (χ2n) is 1.95. The minimum absolute atomic E-state index is 0.545. The molecule has 1 aliphatic rings. The van der Waals surface area contributed by atoms with Crippen molar-refractivity contribution in [3.8, 4) is 0 Å². The number of hydrogen-bond donors (Lipinski definition) is 1. The highest BCUT2D eigenvalue weighted by Gasteiger charge is 1.88. The quantitative estimate of drug-likeness (QED) is 0.436. The first kappa shape index (κ1) is 7.51. The van der Waals surface area contributed by atoms with Crippen molar-refractivity contribution in [2.75, 3.05) is 0 Å². The molecule has 0 unspecified atom stereocenters. The van der Waals surface area contributed by atoms with Crippen LogP contribution in [-0.2, 0) is 0 Å². The third-order valence-electron chi connectivity index (χ3n) is 1.08. The molecule has 0 aromatic rings. The zero-order valence-electron chi connectivity index (χ0n) is 6.28. The molecule has 11 heavy (non-hydrogen) atoms. The summed E-state index contributed by atoms with van der Waals surface area (Å²) in [7, 11) is 0. The van der Waals surface area contributed by atoms with Crippen LogP contribution in [0.4, 0.5) is 0 Å². The molecular formula is C8H9N3. The number of aliphatic imine (C=N–C) groups is 2. The zero-order valence-corrected chi connectivity index (χ0v) is 6.28. The molecular weight excluding hydrogens is 138 g/mol. The Balaban J connectivity index is 3.03. The molecule has 0 atom stereocenters. The SMILES string of the molecule is CC=NC1=C=C(N)C=CN=C1. The molecule has 0 aliphatic carbocycles. The summed E-state index contributed by atoms with van der Waals surface area (Å²) < 4.78 is 0. The first-order valence-electron chi connectivity index (χ1n) is 3.27. The van der Waals surface area contributed by atoms with Gasteiger partial charge in [-0.15, -0.1) is 0 Å². The molecule has 3 heteroatoms. The van der Waals surface area contributed by atoms with Crippen LogP contribution >= 0.6 is 0 Å². The van der Waals surface area contributed by atoms with Crippen molar-refractivity contribution < 1.29 is 0 Å². The van der Waals surface area contributed by atoms with Crippen LogP contribution in [0.25, 0.3) is 0 Å². The smallest absolute Gasteiger partial charge is 0.125 e. The minimum atomic E-state index is 0.545. The lowest BCUT2D eigenvalue weighted by Crippen LogP contribution is -1.89. The van der Waals surface area contributed by atoms with Crippen molar-refractivity contribution in [1.82, 2.24) is 0 Å². The number of hydrogen-bond acceptors (Lipinski definition) is 3. The average molecular weight is 147 g/mol. The third-order valence-corrected chi connectivity index (χ3v) is 1.08. The van der Waals surface area contributed by atoms with Gasteiger partial charge in [0.1, 0.15) is 5.70 Å². The van der Waals surface area contributed by atoms with E-state index in [2.05, 4.69) is 15.7 Å². The van der Waals surface area contributed by atoms with Crippen molar-refractivity contribution in [1.29, 1.82) is 0 Å². The van der Waals surface area contributed by atoms with Gasteiger partial charge in [0, 0.05) is 12.4 Å². The average Bonchev–Trinajstić information content (AvgIpc) is 2.15. The van der Waals surface area contributed by atoms with Gasteiger partial charge in [0.15, 0.2) is 0 Å². The molecule has 0 aromatic heterocycles. The largest absolute Gasteiger partial charge is 0.392 e. The Kier molecular flexibility index (Phi) is 2.42. The van der Waals surface area contributed by atoms with Crippen LogP contribution in [0.5, 0.6) is 0 Å². The first-order chi connectivity index (χ1) is 5.33. The third kappa shape index (κ3) is 2.24. The fourth-order valence-corrected chi connectivity index (χ4v) is 0.663. The Morgan fingerprint density at radius 1 is 1.73 bits per heavy atom. The van der Waals surface area contributed by atoms with Gasteiger partial charge in [-0.05, 0) is 13.0 Å². The van der Waals surface area contributed by atoms with E-state index in [1.54, 1.807) is 24.7 Å². The number of rotatable bonds is 1. The van der Waals surface area contributed by atoms with Gasteiger partial charge >= 0.3 is 0 Å². The molecule has 0 amide bonds. The molecule has 0 saturated heterocycles. The number of allylic oxidation sites excluding steroid dienone is 1. The summed E-state index contributed by atoms with van der Waals surface area (Å²) >= 11 is 0. The second kappa shape index (κ2) is 3.54. The molecule has 0 spiro atoms. The molecule has 1 aliphatic heterocycles. The maximum atomic E-state index is 5.50. The van der Waals surface area contributed by atoms with Crippen LogP contribution in [0.15, 0.2) is 39.4 Å². The van der Waals surface area contributed by atoms with Crippen LogP contribution in [0.3, 0.4) is 0 Å². The second-order valence-corrected chi connectivity index (χ2v) is 1.95. The molecule has 0 radical (unpaired) electrons. The van der Waals surface area contributed by atoms with Crippen LogP contribution in [0, 0.1) is 0 Å². The molecule has 0 bridgehead atoms. The Morgan fingerprint density at radius 3 is 3.27 bits per heavy atom. The van der Waals surface area contributed by atoms with E-state index in [0.29, 0.717) is 11.4 Å². The summed E-state index contributed by atoms with van der Waals surface area (Å²) in [4.78, 5) is 7.89. The molecule has 3 nitrogen and oxygen atoms in total. The molecule has 1 rings (SSSR count). The van der Waals surface area contributed by atoms with Gasteiger partial charge in [-0.2, -0.15) is 0 Å². The highest BCUT2D eigenvalue weighted by Crippen LogP contribution is 1.97. The summed E-state index contributed by atoms with van der Waals surface area (Å²) in [5.74, 6) is 0. The maximum Gasteiger partial charge on any atom is 0.125 e. The van der Waals surface area contributed by atoms with Gasteiger partial charge in [0.25, 0.3) is 0 Å². The van der Waals surface area contributed by atoms with E-state index >= 15 is 0 Å². The number of nitrogens with two attached hydrogens (primary N) is 1. The minimum Gasteiger partial charge on any atom is -0.392 e. The monoisotopic (exact) mass is 147 g/mol. The molecule has 0 aromatic carbocycles. The van der Waals surface area contributed by atoms with E-state index in [0.717, 1.165) is 0 Å². The van der Waals surface area contributed by atoms with E-state index in [1.807, 2.05) is 6.92 Å². The van der Waals surface area contributed by atoms with E-state index in [-0.39, 0.29) is 0 Å². The van der Waals surface area contributed by atoms with Crippen LogP contribution in [0.1, 0.15) is 6.92 Å². The van der Waals surface area contributed by atoms with E-state index in [4.69, 9.17) is 5.73 Å². The van der Waals surface area contributed by atoms with Crippen LogP contribution in [-0.4, -0.2) is 12.4 Å². The summed E-state index contributed by atoms with van der Waals surface area (Å²) in [6.45, 7) is 1.83. The molecule has 2 N–H and O–H groups in total. The molecule has 1 heterocycles. The lowest BCUT2D eigenvalue weighted by Gasteiger charge is -1.83. The fraction of sp³-hybridized carbons (Fsp3) is 0.125. The lowest BCUT2D eigenvalue weighted by molar-refractivity contribution is 1.41. The molecule has 0 saturated carbocycles. The first-order valence-corrected chi connectivity index (χ1v) is 3.27. The van der Waals surface area contributed by atoms with Gasteiger partial charge in [0.05, 0.1) is 11.9 Å². The summed E-state index contributed by atoms with van der Waals surface area (Å²) in [6, 6.07) is 0.